The van der Waals surface area contributed by atoms with Crippen LogP contribution in [0.15, 0.2) is 52.2 Å². The molecule has 4 rings (SSSR count). The summed E-state index contributed by atoms with van der Waals surface area (Å²) in [4.78, 5) is 14.4. The highest BCUT2D eigenvalue weighted by Gasteiger charge is 2.20. The van der Waals surface area contributed by atoms with Crippen molar-refractivity contribution in [3.05, 3.63) is 48.4 Å². The number of guanidine groups is 1. The van der Waals surface area contributed by atoms with Crippen LogP contribution in [-0.2, 0) is 6.54 Å². The van der Waals surface area contributed by atoms with E-state index < -0.39 is 0 Å². The molecule has 2 fully saturated rings. The molecule has 2 aromatic rings. The van der Waals surface area contributed by atoms with E-state index in [4.69, 9.17) is 4.52 Å². The number of halogens is 1. The van der Waals surface area contributed by atoms with Crippen LogP contribution in [0.2, 0.25) is 0 Å². The number of unbranched alkanes of at least 4 members (excludes halogenated alkanes) is 1. The second-order valence-electron chi connectivity index (χ2n) is 8.60. The van der Waals surface area contributed by atoms with E-state index in [1.165, 1.54) is 25.1 Å². The lowest BCUT2D eigenvalue weighted by Crippen LogP contribution is -2.52. The van der Waals surface area contributed by atoms with Crippen LogP contribution in [0.3, 0.4) is 0 Å². The molecule has 1 N–H and O–H groups in total. The number of rotatable bonds is 8. The number of hydrogen-bond acceptors (Lipinski definition) is 6. The lowest BCUT2D eigenvalue weighted by atomic mass is 10.2. The van der Waals surface area contributed by atoms with Gasteiger partial charge in [0.15, 0.2) is 5.96 Å². The Kier molecular flexibility index (Phi) is 10.7. The van der Waals surface area contributed by atoms with E-state index in [-0.39, 0.29) is 24.0 Å². The van der Waals surface area contributed by atoms with Gasteiger partial charge < -0.3 is 19.6 Å². The first kappa shape index (κ1) is 25.8. The Labute approximate surface area is 215 Å². The van der Waals surface area contributed by atoms with E-state index in [0.717, 1.165) is 77.1 Å². The molecule has 3 heterocycles. The number of aliphatic imine (C=N–C) groups is 1. The zero-order chi connectivity index (χ0) is 22.0. The summed E-state index contributed by atoms with van der Waals surface area (Å²) in [6.07, 6.45) is 4.03. The van der Waals surface area contributed by atoms with Crippen LogP contribution in [0.5, 0.6) is 0 Å². The van der Waals surface area contributed by atoms with Gasteiger partial charge in [0.1, 0.15) is 6.26 Å². The molecule has 2 aliphatic heterocycles. The summed E-state index contributed by atoms with van der Waals surface area (Å²) in [5, 5.41) is 7.59. The average Bonchev–Trinajstić information content (AvgIpc) is 3.36. The van der Waals surface area contributed by atoms with Crippen LogP contribution < -0.4 is 10.2 Å². The van der Waals surface area contributed by atoms with Crippen molar-refractivity contribution in [3.63, 3.8) is 0 Å². The summed E-state index contributed by atoms with van der Waals surface area (Å²) in [6, 6.07) is 12.7. The Hall–Kier alpha value is -1.85. The highest BCUT2D eigenvalue weighted by molar-refractivity contribution is 14.0. The highest BCUT2D eigenvalue weighted by Crippen LogP contribution is 2.15. The summed E-state index contributed by atoms with van der Waals surface area (Å²) in [5.41, 5.74) is 2.35. The summed E-state index contributed by atoms with van der Waals surface area (Å²) >= 11 is 0. The standard InChI is InChI=1S/C24H37N7O.HI/c1-25-24(31-18-14-29(15-19-31)21-22-9-20-32-27-22)26-10-5-6-11-28-12-16-30(17-13-28)23-7-3-2-4-8-23;/h2-4,7-9,20H,5-6,10-19,21H2,1H3,(H,25,26);1H. The van der Waals surface area contributed by atoms with Crippen molar-refractivity contribution in [2.24, 2.45) is 4.99 Å². The molecular formula is C24H38IN7O. The molecule has 8 nitrogen and oxygen atoms in total. The van der Waals surface area contributed by atoms with E-state index >= 15 is 0 Å². The number of benzene rings is 1. The molecule has 0 saturated carbocycles. The van der Waals surface area contributed by atoms with Gasteiger partial charge in [-0.3, -0.25) is 14.8 Å². The number of nitrogens with zero attached hydrogens (tertiary/aromatic N) is 6. The van der Waals surface area contributed by atoms with Gasteiger partial charge in [-0.25, -0.2) is 0 Å². The van der Waals surface area contributed by atoms with Crippen LogP contribution in [0.4, 0.5) is 5.69 Å². The summed E-state index contributed by atoms with van der Waals surface area (Å²) in [5.74, 6) is 1.03. The maximum atomic E-state index is 4.94. The fourth-order valence-electron chi connectivity index (χ4n) is 4.53. The Balaban J connectivity index is 0.00000306. The van der Waals surface area contributed by atoms with Crippen LogP contribution in [0.25, 0.3) is 0 Å². The smallest absolute Gasteiger partial charge is 0.193 e. The molecule has 9 heteroatoms. The van der Waals surface area contributed by atoms with E-state index in [9.17, 15) is 0 Å². The molecule has 2 saturated heterocycles. The third kappa shape index (κ3) is 7.86. The van der Waals surface area contributed by atoms with Crippen molar-refractivity contribution in [1.82, 2.24) is 25.2 Å². The van der Waals surface area contributed by atoms with Gasteiger partial charge in [0.05, 0.1) is 5.69 Å². The largest absolute Gasteiger partial charge is 0.369 e. The van der Waals surface area contributed by atoms with Gasteiger partial charge in [-0.15, -0.1) is 24.0 Å². The third-order valence-corrected chi connectivity index (χ3v) is 6.44. The van der Waals surface area contributed by atoms with Gasteiger partial charge in [0.25, 0.3) is 0 Å². The fraction of sp³-hybridized carbons (Fsp3) is 0.583. The Morgan fingerprint density at radius 2 is 1.67 bits per heavy atom. The molecule has 0 unspecified atom stereocenters. The lowest BCUT2D eigenvalue weighted by molar-refractivity contribution is 0.169. The molecular weight excluding hydrogens is 529 g/mol. The zero-order valence-corrected chi connectivity index (χ0v) is 22.1. The lowest BCUT2D eigenvalue weighted by Gasteiger charge is -2.36. The summed E-state index contributed by atoms with van der Waals surface area (Å²) < 4.78 is 4.94. The number of anilines is 1. The molecule has 2 aliphatic rings. The average molecular weight is 568 g/mol. The minimum absolute atomic E-state index is 0. The Morgan fingerprint density at radius 1 is 0.939 bits per heavy atom. The van der Waals surface area contributed by atoms with Crippen molar-refractivity contribution in [1.29, 1.82) is 0 Å². The molecule has 0 bridgehead atoms. The molecule has 0 spiro atoms. The first-order valence-corrected chi connectivity index (χ1v) is 11.9. The summed E-state index contributed by atoms with van der Waals surface area (Å²) in [6.45, 7) is 11.6. The predicted molar refractivity (Wildman–Crippen MR) is 144 cm³/mol. The third-order valence-electron chi connectivity index (χ3n) is 6.44. The van der Waals surface area contributed by atoms with Gasteiger partial charge in [-0.05, 0) is 31.5 Å². The van der Waals surface area contributed by atoms with Crippen LogP contribution in [0, 0.1) is 0 Å². The van der Waals surface area contributed by atoms with Crippen molar-refractivity contribution in [2.75, 3.05) is 77.4 Å². The number of piperazine rings is 2. The molecule has 1 aromatic carbocycles. The molecule has 0 amide bonds. The van der Waals surface area contributed by atoms with Crippen LogP contribution >= 0.6 is 24.0 Å². The topological polar surface area (TPSA) is 63.4 Å². The molecule has 0 radical (unpaired) electrons. The Morgan fingerprint density at radius 3 is 2.33 bits per heavy atom. The zero-order valence-electron chi connectivity index (χ0n) is 19.7. The van der Waals surface area contributed by atoms with Crippen molar-refractivity contribution < 1.29 is 4.52 Å². The fourth-order valence-corrected chi connectivity index (χ4v) is 4.53. The van der Waals surface area contributed by atoms with Crippen molar-refractivity contribution in [2.45, 2.75) is 19.4 Å². The van der Waals surface area contributed by atoms with Gasteiger partial charge in [0.2, 0.25) is 0 Å². The monoisotopic (exact) mass is 567 g/mol. The van der Waals surface area contributed by atoms with Crippen LogP contribution in [0.1, 0.15) is 18.5 Å². The van der Waals surface area contributed by atoms with E-state index in [2.05, 4.69) is 65.4 Å². The van der Waals surface area contributed by atoms with E-state index in [0.29, 0.717) is 0 Å². The minimum atomic E-state index is 0. The number of nitrogens with one attached hydrogen (secondary N) is 1. The van der Waals surface area contributed by atoms with Gasteiger partial charge >= 0.3 is 0 Å². The predicted octanol–water partition coefficient (Wildman–Crippen LogP) is 2.59. The molecule has 182 valence electrons. The minimum Gasteiger partial charge on any atom is -0.369 e. The molecule has 0 aliphatic carbocycles. The van der Waals surface area contributed by atoms with Gasteiger partial charge in [-0.1, -0.05) is 23.4 Å². The number of aromatic nitrogens is 1. The second-order valence-corrected chi connectivity index (χ2v) is 8.60. The molecule has 33 heavy (non-hydrogen) atoms. The van der Waals surface area contributed by atoms with E-state index in [1.807, 2.05) is 13.1 Å². The van der Waals surface area contributed by atoms with Crippen molar-refractivity contribution in [3.8, 4) is 0 Å². The number of hydrogen-bond donors (Lipinski definition) is 1. The maximum absolute atomic E-state index is 4.94. The first-order valence-electron chi connectivity index (χ1n) is 11.9. The molecule has 0 atom stereocenters. The van der Waals surface area contributed by atoms with Crippen molar-refractivity contribution >= 4 is 35.6 Å². The van der Waals surface area contributed by atoms with Crippen LogP contribution in [-0.4, -0.2) is 98.3 Å². The summed E-state index contributed by atoms with van der Waals surface area (Å²) in [7, 11) is 1.89. The van der Waals surface area contributed by atoms with Gasteiger partial charge in [-0.2, -0.15) is 0 Å². The maximum Gasteiger partial charge on any atom is 0.193 e. The SMILES string of the molecule is CN=C(NCCCCN1CCN(c2ccccc2)CC1)N1CCN(Cc2ccon2)CC1.I. The normalized spacial score (nSPS) is 18.3. The number of para-hydroxylation sites is 1. The first-order chi connectivity index (χ1) is 15.8. The quantitative estimate of drug-likeness (QED) is 0.228. The van der Waals surface area contributed by atoms with E-state index in [1.54, 1.807) is 6.26 Å². The van der Waals surface area contributed by atoms with Gasteiger partial charge in [0, 0.05) is 84.2 Å². The Bertz CT molecular complexity index is 801. The molecule has 1 aromatic heterocycles. The highest BCUT2D eigenvalue weighted by atomic mass is 127. The second kappa shape index (κ2) is 13.8.